The Hall–Kier alpha value is -2.41. The molecule has 1 amide bonds. The number of hydrogen-bond donors (Lipinski definition) is 2. The summed E-state index contributed by atoms with van der Waals surface area (Å²) in [5.41, 5.74) is -0.302. The molecule has 0 saturated heterocycles. The second-order valence-corrected chi connectivity index (χ2v) is 5.68. The lowest BCUT2D eigenvalue weighted by molar-refractivity contribution is -0.137. The van der Waals surface area contributed by atoms with Crippen LogP contribution < -0.4 is 15.4 Å². The van der Waals surface area contributed by atoms with Gasteiger partial charge in [0.15, 0.2) is 0 Å². The number of nitrogens with one attached hydrogen (secondary N) is 2. The molecular formula is C17H16ClF3N2O2. The van der Waals surface area contributed by atoms with E-state index < -0.39 is 28.7 Å². The lowest BCUT2D eigenvalue weighted by Crippen LogP contribution is -2.31. The molecule has 2 rings (SSSR count). The van der Waals surface area contributed by atoms with Gasteiger partial charge < -0.3 is 15.4 Å². The standard InChI is InChI=1S/C17H16ClF3N2O2/c1-10(22-11-3-6-13(25-2)7-4-11)16(24)23-12-5-8-15(18)14(9-12)17(19,20)21/h3-10,22H,1-2H3,(H,23,24)/t10-/m1/s1. The average Bonchev–Trinajstić information content (AvgIpc) is 2.56. The number of alkyl halides is 3. The minimum absolute atomic E-state index is 0.0186. The molecule has 25 heavy (non-hydrogen) atoms. The van der Waals surface area contributed by atoms with E-state index in [0.717, 1.165) is 12.1 Å². The van der Waals surface area contributed by atoms with Gasteiger partial charge in [0.25, 0.3) is 0 Å². The third kappa shape index (κ3) is 5.03. The SMILES string of the molecule is COc1ccc(N[C@H](C)C(=O)Nc2ccc(Cl)c(C(F)(F)F)c2)cc1. The fraction of sp³-hybridized carbons (Fsp3) is 0.235. The summed E-state index contributed by atoms with van der Waals surface area (Å²) in [4.78, 5) is 12.2. The number of hydrogen-bond acceptors (Lipinski definition) is 3. The van der Waals surface area contributed by atoms with Crippen molar-refractivity contribution in [2.45, 2.75) is 19.1 Å². The Morgan fingerprint density at radius 1 is 1.12 bits per heavy atom. The van der Waals surface area contributed by atoms with Crippen LogP contribution in [0.4, 0.5) is 24.5 Å². The summed E-state index contributed by atoms with van der Waals surface area (Å²) >= 11 is 5.56. The van der Waals surface area contributed by atoms with E-state index in [-0.39, 0.29) is 5.69 Å². The molecule has 0 bridgehead atoms. The Morgan fingerprint density at radius 2 is 1.72 bits per heavy atom. The van der Waals surface area contributed by atoms with Gasteiger partial charge in [-0.1, -0.05) is 11.6 Å². The summed E-state index contributed by atoms with van der Waals surface area (Å²) in [6.07, 6.45) is -4.59. The Labute approximate surface area is 147 Å². The van der Waals surface area contributed by atoms with E-state index in [9.17, 15) is 18.0 Å². The molecule has 1 atom stereocenters. The monoisotopic (exact) mass is 372 g/mol. The molecule has 2 aromatic carbocycles. The van der Waals surface area contributed by atoms with Crippen LogP contribution in [0.15, 0.2) is 42.5 Å². The number of methoxy groups -OCH3 is 1. The maximum absolute atomic E-state index is 12.9. The van der Waals surface area contributed by atoms with Gasteiger partial charge in [-0.05, 0) is 49.4 Å². The van der Waals surface area contributed by atoms with Crippen LogP contribution >= 0.6 is 11.6 Å². The summed E-state index contributed by atoms with van der Waals surface area (Å²) in [6, 6.07) is 9.46. The predicted molar refractivity (Wildman–Crippen MR) is 91.2 cm³/mol. The first-order valence-corrected chi connectivity index (χ1v) is 7.66. The molecule has 2 N–H and O–H groups in total. The third-order valence-electron chi connectivity index (χ3n) is 3.41. The lowest BCUT2D eigenvalue weighted by Gasteiger charge is -2.17. The molecule has 0 aliphatic heterocycles. The largest absolute Gasteiger partial charge is 0.497 e. The fourth-order valence-corrected chi connectivity index (χ4v) is 2.30. The van der Waals surface area contributed by atoms with Gasteiger partial charge >= 0.3 is 6.18 Å². The molecule has 0 aliphatic rings. The van der Waals surface area contributed by atoms with Crippen molar-refractivity contribution < 1.29 is 22.7 Å². The summed E-state index contributed by atoms with van der Waals surface area (Å²) in [5.74, 6) is 0.190. The molecule has 134 valence electrons. The Bertz CT molecular complexity index is 749. The zero-order valence-corrected chi connectivity index (χ0v) is 14.2. The highest BCUT2D eigenvalue weighted by atomic mass is 35.5. The fourth-order valence-electron chi connectivity index (χ4n) is 2.07. The Balaban J connectivity index is 2.05. The molecule has 8 heteroatoms. The van der Waals surface area contributed by atoms with Crippen molar-refractivity contribution >= 4 is 28.9 Å². The molecule has 0 spiro atoms. The minimum atomic E-state index is -4.59. The van der Waals surface area contributed by atoms with Crippen LogP contribution in [0.2, 0.25) is 5.02 Å². The van der Waals surface area contributed by atoms with Crippen molar-refractivity contribution in [2.24, 2.45) is 0 Å². The second kappa shape index (κ2) is 7.65. The second-order valence-electron chi connectivity index (χ2n) is 5.28. The molecule has 0 aliphatic carbocycles. The van der Waals surface area contributed by atoms with Crippen LogP contribution in [0, 0.1) is 0 Å². The van der Waals surface area contributed by atoms with Crippen LogP contribution in [0.25, 0.3) is 0 Å². The molecule has 0 unspecified atom stereocenters. The molecule has 4 nitrogen and oxygen atoms in total. The van der Waals surface area contributed by atoms with Crippen molar-refractivity contribution in [3.63, 3.8) is 0 Å². The number of carbonyl (C=O) groups is 1. The predicted octanol–water partition coefficient (Wildman–Crippen LogP) is 4.81. The van der Waals surface area contributed by atoms with Crippen LogP contribution in [0.5, 0.6) is 5.75 Å². The zero-order chi connectivity index (χ0) is 18.6. The minimum Gasteiger partial charge on any atom is -0.497 e. The van der Waals surface area contributed by atoms with Crippen LogP contribution in [-0.2, 0) is 11.0 Å². The number of ether oxygens (including phenoxy) is 1. The number of amides is 1. The topological polar surface area (TPSA) is 50.4 Å². The first-order chi connectivity index (χ1) is 11.7. The lowest BCUT2D eigenvalue weighted by atomic mass is 10.2. The van der Waals surface area contributed by atoms with E-state index in [1.54, 1.807) is 38.3 Å². The van der Waals surface area contributed by atoms with Crippen molar-refractivity contribution in [1.82, 2.24) is 0 Å². The molecular weight excluding hydrogens is 357 g/mol. The van der Waals surface area contributed by atoms with Crippen LogP contribution in [0.3, 0.4) is 0 Å². The Kier molecular flexibility index (Phi) is 5.79. The molecule has 0 radical (unpaired) electrons. The van der Waals surface area contributed by atoms with E-state index >= 15 is 0 Å². The summed E-state index contributed by atoms with van der Waals surface area (Å²) < 4.78 is 43.6. The van der Waals surface area contributed by atoms with Crippen molar-refractivity contribution in [3.05, 3.63) is 53.1 Å². The first-order valence-electron chi connectivity index (χ1n) is 7.29. The maximum Gasteiger partial charge on any atom is 0.417 e. The number of carbonyl (C=O) groups excluding carboxylic acids is 1. The van der Waals surface area contributed by atoms with Gasteiger partial charge in [0.2, 0.25) is 5.91 Å². The molecule has 0 aromatic heterocycles. The van der Waals surface area contributed by atoms with Gasteiger partial charge in [0, 0.05) is 11.4 Å². The number of benzene rings is 2. The number of halogens is 4. The van der Waals surface area contributed by atoms with Crippen molar-refractivity contribution in [3.8, 4) is 5.75 Å². The summed E-state index contributed by atoms with van der Waals surface area (Å²) in [7, 11) is 1.54. The van der Waals surface area contributed by atoms with E-state index in [1.165, 1.54) is 6.07 Å². The molecule has 0 fully saturated rings. The van der Waals surface area contributed by atoms with Gasteiger partial charge in [-0.15, -0.1) is 0 Å². The molecule has 0 heterocycles. The highest BCUT2D eigenvalue weighted by molar-refractivity contribution is 6.31. The van der Waals surface area contributed by atoms with Crippen LogP contribution in [-0.4, -0.2) is 19.1 Å². The maximum atomic E-state index is 12.9. The van der Waals surface area contributed by atoms with Gasteiger partial charge in [-0.25, -0.2) is 0 Å². The van der Waals surface area contributed by atoms with Crippen LogP contribution in [0.1, 0.15) is 12.5 Å². The normalized spacial score (nSPS) is 12.4. The molecule has 2 aromatic rings. The first kappa shape index (κ1) is 18.9. The van der Waals surface area contributed by atoms with E-state index in [0.29, 0.717) is 11.4 Å². The highest BCUT2D eigenvalue weighted by Crippen LogP contribution is 2.36. The number of anilines is 2. The molecule has 0 saturated carbocycles. The zero-order valence-electron chi connectivity index (χ0n) is 13.4. The summed E-state index contributed by atoms with van der Waals surface area (Å²) in [6.45, 7) is 1.60. The third-order valence-corrected chi connectivity index (χ3v) is 3.74. The van der Waals surface area contributed by atoms with E-state index in [2.05, 4.69) is 10.6 Å². The van der Waals surface area contributed by atoms with Gasteiger partial charge in [0.1, 0.15) is 11.8 Å². The van der Waals surface area contributed by atoms with E-state index in [1.807, 2.05) is 0 Å². The highest BCUT2D eigenvalue weighted by Gasteiger charge is 2.33. The number of rotatable bonds is 5. The van der Waals surface area contributed by atoms with E-state index in [4.69, 9.17) is 16.3 Å². The quantitative estimate of drug-likeness (QED) is 0.792. The Morgan fingerprint density at radius 3 is 2.28 bits per heavy atom. The van der Waals surface area contributed by atoms with Crippen molar-refractivity contribution in [1.29, 1.82) is 0 Å². The average molecular weight is 373 g/mol. The van der Waals surface area contributed by atoms with Gasteiger partial charge in [-0.3, -0.25) is 4.79 Å². The van der Waals surface area contributed by atoms with Gasteiger partial charge in [-0.2, -0.15) is 13.2 Å². The van der Waals surface area contributed by atoms with Crippen molar-refractivity contribution in [2.75, 3.05) is 17.7 Å². The summed E-state index contributed by atoms with van der Waals surface area (Å²) in [5, 5.41) is 4.97. The van der Waals surface area contributed by atoms with Gasteiger partial charge in [0.05, 0.1) is 17.7 Å². The smallest absolute Gasteiger partial charge is 0.417 e.